The lowest BCUT2D eigenvalue weighted by atomic mass is 9.81. The van der Waals surface area contributed by atoms with Gasteiger partial charge in [0.1, 0.15) is 5.75 Å². The summed E-state index contributed by atoms with van der Waals surface area (Å²) in [5.41, 5.74) is 11.2. The lowest BCUT2D eigenvalue weighted by Gasteiger charge is -2.31. The van der Waals surface area contributed by atoms with Crippen molar-refractivity contribution in [2.45, 2.75) is 30.9 Å². The van der Waals surface area contributed by atoms with Gasteiger partial charge >= 0.3 is 0 Å². The first-order chi connectivity index (χ1) is 23.4. The SMILES string of the molecule is COc1ccc(CCNC(=O)[C@]2(Cc3ccc(Br)cc3)N=C(c3ccc(OCCCO)cc3)O[C@@H]2c2ccccc2N=[N+]=[N-])cc1OC. The number of halogens is 1. The number of aliphatic hydroxyl groups is 1. The predicted octanol–water partition coefficient (Wildman–Crippen LogP) is 7.03. The summed E-state index contributed by atoms with van der Waals surface area (Å²) >= 11 is 3.50. The van der Waals surface area contributed by atoms with Crippen molar-refractivity contribution in [1.82, 2.24) is 5.32 Å². The summed E-state index contributed by atoms with van der Waals surface area (Å²) in [5.74, 6) is 1.78. The number of benzene rings is 4. The van der Waals surface area contributed by atoms with Crippen LogP contribution in [0.1, 0.15) is 34.8 Å². The molecule has 0 bridgehead atoms. The standard InChI is InChI=1S/C36H36BrN5O6/c1-45-31-17-10-24(22-32(31)46-2)18-19-39-35(44)36(23-25-8-13-27(37)14-9-25)33(29-6-3-4-7-30(29)41-42-38)48-34(40-36)26-11-15-28(16-12-26)47-21-5-20-43/h3-4,6-17,22,33,43H,5,18-21,23H2,1-2H3,(H,39,44)/t33-,36-/m1/s1. The summed E-state index contributed by atoms with van der Waals surface area (Å²) in [6.07, 6.45) is 0.308. The van der Waals surface area contributed by atoms with E-state index < -0.39 is 11.6 Å². The van der Waals surface area contributed by atoms with E-state index >= 15 is 0 Å². The third-order valence-corrected chi connectivity index (χ3v) is 8.46. The predicted molar refractivity (Wildman–Crippen MR) is 186 cm³/mol. The van der Waals surface area contributed by atoms with Crippen LogP contribution in [0.2, 0.25) is 0 Å². The van der Waals surface area contributed by atoms with Crippen LogP contribution in [-0.4, -0.2) is 56.4 Å². The van der Waals surface area contributed by atoms with E-state index in [0.717, 1.165) is 15.6 Å². The number of methoxy groups -OCH3 is 2. The van der Waals surface area contributed by atoms with Crippen LogP contribution in [0.15, 0.2) is 106 Å². The minimum absolute atomic E-state index is 0.0399. The Balaban J connectivity index is 1.54. The molecule has 1 aliphatic heterocycles. The van der Waals surface area contributed by atoms with Gasteiger partial charge in [-0.15, -0.1) is 0 Å². The molecule has 0 fully saturated rings. The maximum atomic E-state index is 14.6. The molecule has 0 saturated heterocycles. The number of carbonyl (C=O) groups excluding carboxylic acids is 1. The van der Waals surface area contributed by atoms with Crippen molar-refractivity contribution < 1.29 is 28.8 Å². The fourth-order valence-electron chi connectivity index (χ4n) is 5.53. The van der Waals surface area contributed by atoms with Crippen molar-refractivity contribution in [1.29, 1.82) is 0 Å². The summed E-state index contributed by atoms with van der Waals surface area (Å²) in [7, 11) is 3.16. The normalized spacial score (nSPS) is 16.7. The Bertz CT molecular complexity index is 1790. The molecule has 2 N–H and O–H groups in total. The highest BCUT2D eigenvalue weighted by molar-refractivity contribution is 9.10. The largest absolute Gasteiger partial charge is 0.494 e. The maximum Gasteiger partial charge on any atom is 0.252 e. The third kappa shape index (κ3) is 7.91. The van der Waals surface area contributed by atoms with E-state index in [0.29, 0.717) is 60.1 Å². The van der Waals surface area contributed by atoms with Gasteiger partial charge in [0.2, 0.25) is 5.90 Å². The van der Waals surface area contributed by atoms with E-state index in [9.17, 15) is 10.3 Å². The van der Waals surface area contributed by atoms with Gasteiger partial charge < -0.3 is 29.4 Å². The summed E-state index contributed by atoms with van der Waals surface area (Å²) < 4.78 is 24.0. The number of hydrogen-bond acceptors (Lipinski definition) is 8. The summed E-state index contributed by atoms with van der Waals surface area (Å²) in [5, 5.41) is 16.1. The molecule has 11 nitrogen and oxygen atoms in total. The average molecular weight is 715 g/mol. The van der Waals surface area contributed by atoms with E-state index in [1.54, 1.807) is 44.6 Å². The Kier molecular flexibility index (Phi) is 11.6. The van der Waals surface area contributed by atoms with Crippen LogP contribution in [0, 0.1) is 0 Å². The number of aliphatic hydroxyl groups excluding tert-OH is 1. The Morgan fingerprint density at radius 3 is 2.46 bits per heavy atom. The molecule has 0 aromatic heterocycles. The molecule has 0 radical (unpaired) electrons. The smallest absolute Gasteiger partial charge is 0.252 e. The lowest BCUT2D eigenvalue weighted by molar-refractivity contribution is -0.128. The Morgan fingerprint density at radius 1 is 1.02 bits per heavy atom. The van der Waals surface area contributed by atoms with Gasteiger partial charge in [-0.2, -0.15) is 0 Å². The second-order valence-corrected chi connectivity index (χ2v) is 12.0. The second-order valence-electron chi connectivity index (χ2n) is 11.0. The van der Waals surface area contributed by atoms with Crippen LogP contribution < -0.4 is 19.5 Å². The number of carbonyl (C=O) groups is 1. The molecule has 48 heavy (non-hydrogen) atoms. The van der Waals surface area contributed by atoms with Crippen LogP contribution in [0.3, 0.4) is 0 Å². The number of hydrogen-bond donors (Lipinski definition) is 2. The average Bonchev–Trinajstić information content (AvgIpc) is 3.50. The monoisotopic (exact) mass is 713 g/mol. The Morgan fingerprint density at radius 2 is 1.75 bits per heavy atom. The number of aliphatic imine (C=N–C) groups is 1. The van der Waals surface area contributed by atoms with Gasteiger partial charge in [0.25, 0.3) is 5.91 Å². The number of nitrogens with zero attached hydrogens (tertiary/aromatic N) is 4. The fourth-order valence-corrected chi connectivity index (χ4v) is 5.80. The molecule has 4 aromatic rings. The number of amides is 1. The zero-order chi connectivity index (χ0) is 33.9. The van der Waals surface area contributed by atoms with E-state index in [-0.39, 0.29) is 24.8 Å². The molecule has 4 aromatic carbocycles. The number of rotatable bonds is 15. The first-order valence-corrected chi connectivity index (χ1v) is 16.2. The van der Waals surface area contributed by atoms with E-state index in [4.69, 9.17) is 29.0 Å². The van der Waals surface area contributed by atoms with Crippen molar-refractivity contribution >= 4 is 33.4 Å². The highest BCUT2D eigenvalue weighted by Crippen LogP contribution is 2.45. The van der Waals surface area contributed by atoms with E-state index in [1.807, 2.05) is 60.7 Å². The van der Waals surface area contributed by atoms with Gasteiger partial charge in [-0.25, -0.2) is 4.99 Å². The first kappa shape index (κ1) is 34.3. The molecular weight excluding hydrogens is 678 g/mol. The molecule has 0 unspecified atom stereocenters. The van der Waals surface area contributed by atoms with Crippen LogP contribution in [0.5, 0.6) is 17.2 Å². The molecule has 1 aliphatic rings. The summed E-state index contributed by atoms with van der Waals surface area (Å²) in [4.78, 5) is 22.7. The van der Waals surface area contributed by atoms with Crippen molar-refractivity contribution in [3.63, 3.8) is 0 Å². The first-order valence-electron chi connectivity index (χ1n) is 15.4. The van der Waals surface area contributed by atoms with Gasteiger partial charge in [-0.05, 0) is 71.6 Å². The molecule has 2 atom stereocenters. The van der Waals surface area contributed by atoms with Crippen molar-refractivity contribution in [2.24, 2.45) is 10.1 Å². The van der Waals surface area contributed by atoms with Crippen molar-refractivity contribution in [3.8, 4) is 17.2 Å². The minimum Gasteiger partial charge on any atom is -0.494 e. The fraction of sp³-hybridized carbons (Fsp3) is 0.278. The van der Waals surface area contributed by atoms with Gasteiger partial charge in [0, 0.05) is 52.2 Å². The maximum absolute atomic E-state index is 14.6. The third-order valence-electron chi connectivity index (χ3n) is 7.94. The molecule has 1 heterocycles. The number of ether oxygens (including phenoxy) is 4. The van der Waals surface area contributed by atoms with Crippen LogP contribution in [-0.2, 0) is 22.4 Å². The highest BCUT2D eigenvalue weighted by atomic mass is 79.9. The summed E-state index contributed by atoms with van der Waals surface area (Å²) in [6, 6.07) is 27.6. The second kappa shape index (κ2) is 16.2. The Hall–Kier alpha value is -5.03. The number of azide groups is 1. The summed E-state index contributed by atoms with van der Waals surface area (Å²) in [6.45, 7) is 0.732. The Labute approximate surface area is 287 Å². The van der Waals surface area contributed by atoms with Crippen LogP contribution in [0.4, 0.5) is 5.69 Å². The highest BCUT2D eigenvalue weighted by Gasteiger charge is 2.53. The molecular formula is C36H36BrN5O6. The van der Waals surface area contributed by atoms with E-state index in [1.165, 1.54) is 0 Å². The van der Waals surface area contributed by atoms with Crippen molar-refractivity contribution in [2.75, 3.05) is 34.0 Å². The van der Waals surface area contributed by atoms with Crippen LogP contribution in [0.25, 0.3) is 10.4 Å². The molecule has 1 amide bonds. The molecule has 0 spiro atoms. The molecule has 12 heteroatoms. The molecule has 0 aliphatic carbocycles. The zero-order valence-electron chi connectivity index (χ0n) is 26.6. The van der Waals surface area contributed by atoms with E-state index in [2.05, 4.69) is 31.3 Å². The van der Waals surface area contributed by atoms with Gasteiger partial charge in [0.05, 0.1) is 20.8 Å². The lowest BCUT2D eigenvalue weighted by Crippen LogP contribution is -2.50. The van der Waals surface area contributed by atoms with Crippen LogP contribution >= 0.6 is 15.9 Å². The zero-order valence-corrected chi connectivity index (χ0v) is 28.2. The molecule has 0 saturated carbocycles. The molecule has 248 valence electrons. The number of nitrogens with one attached hydrogen (secondary N) is 1. The quantitative estimate of drug-likeness (QED) is 0.0585. The molecule has 5 rings (SSSR count). The van der Waals surface area contributed by atoms with Gasteiger partial charge in [-0.1, -0.05) is 63.5 Å². The minimum atomic E-state index is -1.47. The van der Waals surface area contributed by atoms with Gasteiger partial charge in [-0.3, -0.25) is 4.79 Å². The van der Waals surface area contributed by atoms with Crippen molar-refractivity contribution in [3.05, 3.63) is 128 Å². The van der Waals surface area contributed by atoms with Gasteiger partial charge in [0.15, 0.2) is 23.1 Å². The topological polar surface area (TPSA) is 147 Å².